The van der Waals surface area contributed by atoms with Crippen molar-refractivity contribution in [2.24, 2.45) is 0 Å². The highest BCUT2D eigenvalue weighted by Gasteiger charge is 2.18. The van der Waals surface area contributed by atoms with Gasteiger partial charge in [0.2, 0.25) is 5.91 Å². The molecule has 0 saturated heterocycles. The van der Waals surface area contributed by atoms with Crippen molar-refractivity contribution in [2.75, 3.05) is 30.9 Å². The molecule has 0 bridgehead atoms. The number of benzene rings is 1. The van der Waals surface area contributed by atoms with Crippen LogP contribution in [0.25, 0.3) is 0 Å². The van der Waals surface area contributed by atoms with Crippen molar-refractivity contribution < 1.29 is 28.8 Å². The van der Waals surface area contributed by atoms with Gasteiger partial charge >= 0.3 is 11.9 Å². The Hall–Kier alpha value is -2.26. The topological polar surface area (TPSA) is 124 Å². The van der Waals surface area contributed by atoms with Gasteiger partial charge in [-0.3, -0.25) is 13.9 Å². The quantitative estimate of drug-likeness (QED) is 0.598. The van der Waals surface area contributed by atoms with E-state index >= 15 is 0 Å². The largest absolute Gasteiger partial charge is 0.473 e. The molecule has 0 fully saturated rings. The maximum absolute atomic E-state index is 12.2. The van der Waals surface area contributed by atoms with Gasteiger partial charge in [0, 0.05) is 35.0 Å². The number of para-hydroxylation sites is 1. The maximum Gasteiger partial charge on any atom is 0.414 e. The summed E-state index contributed by atoms with van der Waals surface area (Å²) in [5.41, 5.74) is 2.00. The fourth-order valence-electron chi connectivity index (χ4n) is 1.85. The predicted octanol–water partition coefficient (Wildman–Crippen LogP) is 1.04. The van der Waals surface area contributed by atoms with Gasteiger partial charge in [-0.15, -0.1) is 0 Å². The molecule has 0 heterocycles. The third-order valence-electron chi connectivity index (χ3n) is 3.61. The molecule has 0 aliphatic rings. The van der Waals surface area contributed by atoms with Crippen LogP contribution in [0.1, 0.15) is 19.4 Å². The van der Waals surface area contributed by atoms with E-state index in [4.69, 9.17) is 19.8 Å². The van der Waals surface area contributed by atoms with Crippen LogP contribution in [-0.4, -0.2) is 68.8 Å². The monoisotopic (exact) mass is 386 g/mol. The van der Waals surface area contributed by atoms with E-state index in [1.54, 1.807) is 6.26 Å². The molecule has 1 aromatic rings. The molecule has 1 rings (SSSR count). The highest BCUT2D eigenvalue weighted by molar-refractivity contribution is 7.84. The SMILES string of the molecule is CCc1ccccc1NC(=O)C(C)N(C)CCS(C)=O.O=C(O)C(=O)O. The molecular weight excluding hydrogens is 360 g/mol. The van der Waals surface area contributed by atoms with Crippen LogP contribution in [0.4, 0.5) is 5.69 Å². The number of carboxylic acid groups (broad SMARTS) is 2. The van der Waals surface area contributed by atoms with E-state index in [9.17, 15) is 9.00 Å². The van der Waals surface area contributed by atoms with E-state index in [0.717, 1.165) is 17.7 Å². The second-order valence-electron chi connectivity index (χ2n) is 5.54. The minimum atomic E-state index is -1.82. The first-order chi connectivity index (χ1) is 12.1. The molecule has 0 aliphatic heterocycles. The van der Waals surface area contributed by atoms with E-state index in [0.29, 0.717) is 12.3 Å². The Bertz CT molecular complexity index is 638. The summed E-state index contributed by atoms with van der Waals surface area (Å²) in [6, 6.07) is 7.59. The maximum atomic E-state index is 12.2. The molecule has 0 saturated carbocycles. The zero-order chi connectivity index (χ0) is 20.3. The lowest BCUT2D eigenvalue weighted by Gasteiger charge is -2.23. The molecule has 2 atom stereocenters. The van der Waals surface area contributed by atoms with Crippen LogP contribution in [0.5, 0.6) is 0 Å². The van der Waals surface area contributed by atoms with Gasteiger partial charge in [-0.1, -0.05) is 25.1 Å². The average Bonchev–Trinajstić information content (AvgIpc) is 2.59. The molecular formula is C17H26N2O6S. The Morgan fingerprint density at radius 3 is 2.19 bits per heavy atom. The van der Waals surface area contributed by atoms with Crippen molar-refractivity contribution in [2.45, 2.75) is 26.3 Å². The number of nitrogens with one attached hydrogen (secondary N) is 1. The van der Waals surface area contributed by atoms with Gasteiger partial charge in [-0.2, -0.15) is 0 Å². The lowest BCUT2D eigenvalue weighted by atomic mass is 10.1. The van der Waals surface area contributed by atoms with Gasteiger partial charge < -0.3 is 15.5 Å². The van der Waals surface area contributed by atoms with E-state index in [1.165, 1.54) is 0 Å². The number of anilines is 1. The molecule has 0 aliphatic carbocycles. The molecule has 0 aromatic heterocycles. The number of amides is 1. The number of rotatable bonds is 7. The zero-order valence-electron chi connectivity index (χ0n) is 15.4. The van der Waals surface area contributed by atoms with Crippen molar-refractivity contribution in [3.05, 3.63) is 29.8 Å². The summed E-state index contributed by atoms with van der Waals surface area (Å²) in [5, 5.41) is 17.8. The third kappa shape index (κ3) is 9.28. The fraction of sp³-hybridized carbons (Fsp3) is 0.471. The average molecular weight is 386 g/mol. The van der Waals surface area contributed by atoms with Crippen LogP contribution in [0.2, 0.25) is 0 Å². The highest BCUT2D eigenvalue weighted by atomic mass is 32.2. The summed E-state index contributed by atoms with van der Waals surface area (Å²) in [7, 11) is 1.05. The molecule has 0 radical (unpaired) electrons. The number of carbonyl (C=O) groups excluding carboxylic acids is 1. The van der Waals surface area contributed by atoms with Gasteiger partial charge in [0.15, 0.2) is 0 Å². The van der Waals surface area contributed by atoms with Crippen molar-refractivity contribution in [3.8, 4) is 0 Å². The standard InChI is InChI=1S/C15H24N2O2S.C2H2O4/c1-5-13-8-6-7-9-14(13)16-15(18)12(2)17(3)10-11-20(4)19;3-1(4)2(5)6/h6-9,12H,5,10-11H2,1-4H3,(H,16,18);(H,3,4)(H,5,6). The minimum absolute atomic E-state index is 0.0321. The number of carbonyl (C=O) groups is 3. The lowest BCUT2D eigenvalue weighted by molar-refractivity contribution is -0.159. The van der Waals surface area contributed by atoms with Crippen LogP contribution in [-0.2, 0) is 31.6 Å². The number of hydrogen-bond donors (Lipinski definition) is 3. The highest BCUT2D eigenvalue weighted by Crippen LogP contribution is 2.16. The van der Waals surface area contributed by atoms with E-state index in [1.807, 2.05) is 43.1 Å². The Morgan fingerprint density at radius 2 is 1.73 bits per heavy atom. The smallest absolute Gasteiger partial charge is 0.414 e. The lowest BCUT2D eigenvalue weighted by Crippen LogP contribution is -2.41. The summed E-state index contributed by atoms with van der Waals surface area (Å²) < 4.78 is 11.1. The van der Waals surface area contributed by atoms with Crippen LogP contribution in [0, 0.1) is 0 Å². The molecule has 1 amide bonds. The molecule has 1 aromatic carbocycles. The summed E-state index contributed by atoms with van der Waals surface area (Å²) >= 11 is 0. The third-order valence-corrected chi connectivity index (χ3v) is 4.37. The van der Waals surface area contributed by atoms with Gasteiger partial charge in [0.25, 0.3) is 0 Å². The van der Waals surface area contributed by atoms with Crippen LogP contribution in [0.3, 0.4) is 0 Å². The zero-order valence-corrected chi connectivity index (χ0v) is 16.2. The van der Waals surface area contributed by atoms with E-state index < -0.39 is 22.7 Å². The Balaban J connectivity index is 0.000000896. The van der Waals surface area contributed by atoms with Crippen molar-refractivity contribution in [1.82, 2.24) is 4.90 Å². The van der Waals surface area contributed by atoms with Crippen LogP contribution in [0.15, 0.2) is 24.3 Å². The van der Waals surface area contributed by atoms with Crippen molar-refractivity contribution in [1.29, 1.82) is 0 Å². The predicted molar refractivity (Wildman–Crippen MR) is 101 cm³/mol. The van der Waals surface area contributed by atoms with Crippen LogP contribution >= 0.6 is 0 Å². The first-order valence-electron chi connectivity index (χ1n) is 7.95. The number of aryl methyl sites for hydroxylation is 1. The van der Waals surface area contributed by atoms with E-state index in [-0.39, 0.29) is 11.9 Å². The summed E-state index contributed by atoms with van der Waals surface area (Å²) in [5.74, 6) is -3.10. The number of carboxylic acids is 2. The fourth-order valence-corrected chi connectivity index (χ4v) is 2.40. The molecule has 2 unspecified atom stereocenters. The van der Waals surface area contributed by atoms with Crippen molar-refractivity contribution >= 4 is 34.3 Å². The molecule has 3 N–H and O–H groups in total. The van der Waals surface area contributed by atoms with Gasteiger partial charge in [-0.05, 0) is 32.0 Å². The summed E-state index contributed by atoms with van der Waals surface area (Å²) in [6.45, 7) is 4.58. The molecule has 0 spiro atoms. The number of aliphatic carboxylic acids is 2. The normalized spacial score (nSPS) is 12.5. The first-order valence-corrected chi connectivity index (χ1v) is 9.68. The second kappa shape index (κ2) is 12.2. The number of hydrogen-bond acceptors (Lipinski definition) is 5. The molecule has 146 valence electrons. The van der Waals surface area contributed by atoms with Gasteiger partial charge in [0.05, 0.1) is 6.04 Å². The van der Waals surface area contributed by atoms with Gasteiger partial charge in [-0.25, -0.2) is 9.59 Å². The van der Waals surface area contributed by atoms with Gasteiger partial charge in [0.1, 0.15) is 0 Å². The first kappa shape index (κ1) is 23.7. The molecule has 8 nitrogen and oxygen atoms in total. The Labute approximate surface area is 155 Å². The molecule has 9 heteroatoms. The Kier molecular flexibility index (Phi) is 11.1. The molecule has 26 heavy (non-hydrogen) atoms. The minimum Gasteiger partial charge on any atom is -0.473 e. The Morgan fingerprint density at radius 1 is 1.19 bits per heavy atom. The van der Waals surface area contributed by atoms with E-state index in [2.05, 4.69) is 12.2 Å². The number of likely N-dealkylation sites (N-methyl/N-ethyl adjacent to an activating group) is 1. The summed E-state index contributed by atoms with van der Waals surface area (Å²) in [6.07, 6.45) is 2.56. The van der Waals surface area contributed by atoms with Crippen LogP contribution < -0.4 is 5.32 Å². The van der Waals surface area contributed by atoms with Crippen molar-refractivity contribution in [3.63, 3.8) is 0 Å². The summed E-state index contributed by atoms with van der Waals surface area (Å²) in [4.78, 5) is 32.4. The number of nitrogens with zero attached hydrogens (tertiary/aromatic N) is 1. The second-order valence-corrected chi connectivity index (χ2v) is 7.10.